The van der Waals surface area contributed by atoms with Crippen LogP contribution in [0, 0.1) is 0 Å². The average molecular weight is 251 g/mol. The Kier molecular flexibility index (Phi) is 2.44. The fourth-order valence-electron chi connectivity index (χ4n) is 2.12. The number of fused-ring (bicyclic) bond motifs is 1. The van der Waals surface area contributed by atoms with Crippen molar-refractivity contribution in [2.24, 2.45) is 0 Å². The predicted molar refractivity (Wildman–Crippen MR) is 65.2 cm³/mol. The number of halogens is 1. The molecule has 0 bridgehead atoms. The first-order chi connectivity index (χ1) is 8.24. The number of carbonyl (C=O) groups is 1. The highest BCUT2D eigenvalue weighted by Crippen LogP contribution is 2.25. The maximum Gasteiger partial charge on any atom is 0.407 e. The highest BCUT2D eigenvalue weighted by molar-refractivity contribution is 6.35. The van der Waals surface area contributed by atoms with Gasteiger partial charge in [-0.2, -0.15) is 0 Å². The summed E-state index contributed by atoms with van der Waals surface area (Å²) in [7, 11) is 0. The Bertz CT molecular complexity index is 579. The third-order valence-electron chi connectivity index (χ3n) is 2.89. The number of hydrogen-bond acceptors (Lipinski definition) is 2. The molecule has 17 heavy (non-hydrogen) atoms. The van der Waals surface area contributed by atoms with Gasteiger partial charge < -0.3 is 14.6 Å². The maximum absolute atomic E-state index is 10.9. The molecule has 1 aromatic heterocycles. The number of hydrogen-bond donors (Lipinski definition) is 1. The lowest BCUT2D eigenvalue weighted by molar-refractivity contribution is 0.131. The van der Waals surface area contributed by atoms with Gasteiger partial charge in [0.15, 0.2) is 0 Å². The Morgan fingerprint density at radius 1 is 1.47 bits per heavy atom. The Morgan fingerprint density at radius 2 is 2.35 bits per heavy atom. The van der Waals surface area contributed by atoms with E-state index in [0.717, 1.165) is 10.9 Å². The molecule has 2 heterocycles. The number of alkyl carbamates (subject to hydrolysis) is 1. The van der Waals surface area contributed by atoms with Crippen molar-refractivity contribution in [2.75, 3.05) is 6.54 Å². The number of nitrogens with one attached hydrogen (secondary N) is 1. The third kappa shape index (κ3) is 1.85. The summed E-state index contributed by atoms with van der Waals surface area (Å²) >= 11 is 6.17. The summed E-state index contributed by atoms with van der Waals surface area (Å²) in [5, 5.41) is 4.44. The largest absolute Gasteiger partial charge is 0.442 e. The minimum atomic E-state index is -0.349. The van der Waals surface area contributed by atoms with E-state index < -0.39 is 0 Å². The van der Waals surface area contributed by atoms with Crippen LogP contribution in [-0.2, 0) is 11.3 Å². The van der Waals surface area contributed by atoms with E-state index >= 15 is 0 Å². The van der Waals surface area contributed by atoms with Gasteiger partial charge in [0.2, 0.25) is 0 Å². The van der Waals surface area contributed by atoms with Crippen LogP contribution in [0.2, 0.25) is 5.02 Å². The van der Waals surface area contributed by atoms with E-state index in [4.69, 9.17) is 16.3 Å². The summed E-state index contributed by atoms with van der Waals surface area (Å²) < 4.78 is 7.13. The smallest absolute Gasteiger partial charge is 0.407 e. The van der Waals surface area contributed by atoms with Crippen LogP contribution in [0.4, 0.5) is 4.79 Å². The summed E-state index contributed by atoms with van der Waals surface area (Å²) in [5.41, 5.74) is 0.983. The maximum atomic E-state index is 10.9. The number of ether oxygens (including phenoxy) is 1. The first kappa shape index (κ1) is 10.5. The van der Waals surface area contributed by atoms with E-state index in [1.807, 2.05) is 35.0 Å². The summed E-state index contributed by atoms with van der Waals surface area (Å²) in [4.78, 5) is 10.9. The monoisotopic (exact) mass is 250 g/mol. The average Bonchev–Trinajstić information content (AvgIpc) is 2.88. The van der Waals surface area contributed by atoms with Gasteiger partial charge in [-0.25, -0.2) is 4.79 Å². The van der Waals surface area contributed by atoms with Crippen molar-refractivity contribution in [1.29, 1.82) is 0 Å². The molecule has 0 saturated carbocycles. The lowest BCUT2D eigenvalue weighted by Crippen LogP contribution is -2.20. The van der Waals surface area contributed by atoms with Gasteiger partial charge in [0.25, 0.3) is 0 Å². The second-order valence-electron chi connectivity index (χ2n) is 4.05. The molecular weight excluding hydrogens is 240 g/mol. The lowest BCUT2D eigenvalue weighted by Gasteiger charge is -2.10. The van der Waals surface area contributed by atoms with E-state index in [1.54, 1.807) is 0 Å². The third-order valence-corrected chi connectivity index (χ3v) is 3.19. The standard InChI is InChI=1S/C12H11ClN2O2/c13-10-3-1-2-8-4-5-15(11(8)10)7-9-6-14-12(16)17-9/h1-5,9H,6-7H2,(H,14,16). The topological polar surface area (TPSA) is 43.3 Å². The first-order valence-corrected chi connectivity index (χ1v) is 5.80. The van der Waals surface area contributed by atoms with Gasteiger partial charge in [-0.1, -0.05) is 23.7 Å². The van der Waals surface area contributed by atoms with Crippen LogP contribution in [0.1, 0.15) is 0 Å². The normalized spacial score (nSPS) is 19.4. The van der Waals surface area contributed by atoms with Gasteiger partial charge in [0.1, 0.15) is 6.10 Å². The SMILES string of the molecule is O=C1NCC(Cn2ccc3cccc(Cl)c32)O1. The van der Waals surface area contributed by atoms with Gasteiger partial charge in [0, 0.05) is 11.6 Å². The lowest BCUT2D eigenvalue weighted by atomic mass is 10.2. The highest BCUT2D eigenvalue weighted by atomic mass is 35.5. The van der Waals surface area contributed by atoms with E-state index in [0.29, 0.717) is 18.1 Å². The van der Waals surface area contributed by atoms with E-state index in [2.05, 4.69) is 5.32 Å². The van der Waals surface area contributed by atoms with Crippen molar-refractivity contribution < 1.29 is 9.53 Å². The Labute approximate surface area is 103 Å². The van der Waals surface area contributed by atoms with Crippen molar-refractivity contribution >= 4 is 28.6 Å². The molecule has 2 aromatic rings. The summed E-state index contributed by atoms with van der Waals surface area (Å²) in [5.74, 6) is 0. The van der Waals surface area contributed by atoms with Crippen LogP contribution < -0.4 is 5.32 Å². The van der Waals surface area contributed by atoms with Crippen LogP contribution in [0.5, 0.6) is 0 Å². The van der Waals surface area contributed by atoms with Crippen LogP contribution in [0.25, 0.3) is 10.9 Å². The molecule has 1 N–H and O–H groups in total. The Hall–Kier alpha value is -1.68. The quantitative estimate of drug-likeness (QED) is 0.890. The molecule has 1 atom stereocenters. The predicted octanol–water partition coefficient (Wildman–Crippen LogP) is 2.40. The Morgan fingerprint density at radius 3 is 3.12 bits per heavy atom. The number of rotatable bonds is 2. The number of nitrogens with zero attached hydrogens (tertiary/aromatic N) is 1. The zero-order valence-electron chi connectivity index (χ0n) is 9.02. The van der Waals surface area contributed by atoms with Gasteiger partial charge in [-0.05, 0) is 12.1 Å². The minimum absolute atomic E-state index is 0.130. The fraction of sp³-hybridized carbons (Fsp3) is 0.250. The zero-order chi connectivity index (χ0) is 11.8. The van der Waals surface area contributed by atoms with E-state index in [-0.39, 0.29) is 12.2 Å². The molecule has 0 radical (unpaired) electrons. The van der Waals surface area contributed by atoms with Crippen molar-refractivity contribution in [3.05, 3.63) is 35.5 Å². The molecule has 1 fully saturated rings. The molecular formula is C12H11ClN2O2. The molecule has 1 saturated heterocycles. The van der Waals surface area contributed by atoms with E-state index in [1.165, 1.54) is 0 Å². The minimum Gasteiger partial charge on any atom is -0.442 e. The highest BCUT2D eigenvalue weighted by Gasteiger charge is 2.23. The van der Waals surface area contributed by atoms with Crippen molar-refractivity contribution in [3.63, 3.8) is 0 Å². The molecule has 1 amide bonds. The molecule has 0 aliphatic carbocycles. The Balaban J connectivity index is 1.93. The molecule has 88 valence electrons. The number of para-hydroxylation sites is 1. The van der Waals surface area contributed by atoms with Gasteiger partial charge in [-0.3, -0.25) is 0 Å². The number of amides is 1. The second-order valence-corrected chi connectivity index (χ2v) is 4.46. The van der Waals surface area contributed by atoms with Gasteiger partial charge in [0.05, 0.1) is 23.6 Å². The van der Waals surface area contributed by atoms with Crippen molar-refractivity contribution in [1.82, 2.24) is 9.88 Å². The van der Waals surface area contributed by atoms with Gasteiger partial charge >= 0.3 is 6.09 Å². The molecule has 1 aromatic carbocycles. The number of cyclic esters (lactones) is 1. The molecule has 1 aliphatic heterocycles. The van der Waals surface area contributed by atoms with Crippen LogP contribution in [0.15, 0.2) is 30.5 Å². The van der Waals surface area contributed by atoms with Crippen LogP contribution in [0.3, 0.4) is 0 Å². The molecule has 4 nitrogen and oxygen atoms in total. The first-order valence-electron chi connectivity index (χ1n) is 5.42. The number of benzene rings is 1. The summed E-state index contributed by atoms with van der Waals surface area (Å²) in [6, 6.07) is 7.80. The van der Waals surface area contributed by atoms with Crippen molar-refractivity contribution in [3.8, 4) is 0 Å². The second kappa shape index (κ2) is 3.96. The zero-order valence-corrected chi connectivity index (χ0v) is 9.78. The molecule has 5 heteroatoms. The fourth-order valence-corrected chi connectivity index (χ4v) is 2.41. The summed E-state index contributed by atoms with van der Waals surface area (Å²) in [6.07, 6.45) is 1.48. The molecule has 0 spiro atoms. The number of aromatic nitrogens is 1. The summed E-state index contributed by atoms with van der Waals surface area (Å²) in [6.45, 7) is 1.16. The molecule has 1 unspecified atom stereocenters. The molecule has 1 aliphatic rings. The van der Waals surface area contributed by atoms with Crippen LogP contribution >= 0.6 is 11.6 Å². The van der Waals surface area contributed by atoms with Gasteiger partial charge in [-0.15, -0.1) is 0 Å². The number of carbonyl (C=O) groups excluding carboxylic acids is 1. The van der Waals surface area contributed by atoms with Crippen molar-refractivity contribution in [2.45, 2.75) is 12.6 Å². The van der Waals surface area contributed by atoms with Crippen LogP contribution in [-0.4, -0.2) is 23.3 Å². The molecule has 3 rings (SSSR count). The van der Waals surface area contributed by atoms with E-state index in [9.17, 15) is 4.79 Å².